The molecule has 0 fully saturated rings. The molecule has 0 radical (unpaired) electrons. The standard InChI is InChI=1S/C13H18ClNO2/c1-7(2)10-11(13(3,4)15)8(14)5-9-12(10)17-6-16-9/h5,7H,6,15H2,1-4H3. The lowest BCUT2D eigenvalue weighted by Crippen LogP contribution is -2.31. The van der Waals surface area contributed by atoms with Crippen LogP contribution in [0.15, 0.2) is 6.07 Å². The van der Waals surface area contributed by atoms with Crippen molar-refractivity contribution >= 4 is 11.6 Å². The van der Waals surface area contributed by atoms with Crippen LogP contribution in [0.25, 0.3) is 0 Å². The molecule has 1 aliphatic heterocycles. The Labute approximate surface area is 107 Å². The second-order valence-electron chi connectivity index (χ2n) is 5.26. The highest BCUT2D eigenvalue weighted by atomic mass is 35.5. The predicted octanol–water partition coefficient (Wildman–Crippen LogP) is 3.39. The van der Waals surface area contributed by atoms with Gasteiger partial charge in [-0.05, 0) is 25.3 Å². The summed E-state index contributed by atoms with van der Waals surface area (Å²) < 4.78 is 10.9. The summed E-state index contributed by atoms with van der Waals surface area (Å²) >= 11 is 6.33. The summed E-state index contributed by atoms with van der Waals surface area (Å²) in [5, 5.41) is 0.644. The van der Waals surface area contributed by atoms with Crippen LogP contribution in [0.5, 0.6) is 11.5 Å². The van der Waals surface area contributed by atoms with E-state index in [4.69, 9.17) is 26.8 Å². The molecule has 0 amide bonds. The predicted molar refractivity (Wildman–Crippen MR) is 68.9 cm³/mol. The van der Waals surface area contributed by atoms with Gasteiger partial charge in [0.1, 0.15) is 0 Å². The van der Waals surface area contributed by atoms with Gasteiger partial charge in [0.15, 0.2) is 11.5 Å². The van der Waals surface area contributed by atoms with Crippen molar-refractivity contribution in [2.24, 2.45) is 5.73 Å². The van der Waals surface area contributed by atoms with Crippen molar-refractivity contribution in [1.29, 1.82) is 0 Å². The van der Waals surface area contributed by atoms with Gasteiger partial charge >= 0.3 is 0 Å². The third kappa shape index (κ3) is 2.09. The molecule has 0 aliphatic carbocycles. The van der Waals surface area contributed by atoms with Gasteiger partial charge in [-0.2, -0.15) is 0 Å². The van der Waals surface area contributed by atoms with E-state index in [1.165, 1.54) is 0 Å². The minimum Gasteiger partial charge on any atom is -0.454 e. The average Bonchev–Trinajstić information content (AvgIpc) is 2.60. The highest BCUT2D eigenvalue weighted by Crippen LogP contribution is 2.47. The molecule has 2 N–H and O–H groups in total. The molecule has 0 atom stereocenters. The maximum Gasteiger partial charge on any atom is 0.231 e. The van der Waals surface area contributed by atoms with E-state index in [1.54, 1.807) is 6.07 Å². The summed E-state index contributed by atoms with van der Waals surface area (Å²) in [6.45, 7) is 8.34. The lowest BCUT2D eigenvalue weighted by Gasteiger charge is -2.27. The number of fused-ring (bicyclic) bond motifs is 1. The Hall–Kier alpha value is -0.930. The van der Waals surface area contributed by atoms with Crippen LogP contribution in [0.1, 0.15) is 44.7 Å². The minimum absolute atomic E-state index is 0.250. The van der Waals surface area contributed by atoms with Gasteiger partial charge in [0.25, 0.3) is 0 Å². The third-order valence-corrected chi connectivity index (χ3v) is 3.17. The molecule has 1 heterocycles. The summed E-state index contributed by atoms with van der Waals surface area (Å²) in [6.07, 6.45) is 0. The van der Waals surface area contributed by atoms with Crippen molar-refractivity contribution < 1.29 is 9.47 Å². The van der Waals surface area contributed by atoms with Gasteiger partial charge in [-0.3, -0.25) is 0 Å². The number of hydrogen-bond acceptors (Lipinski definition) is 3. The first-order valence-corrected chi connectivity index (χ1v) is 6.11. The number of nitrogens with two attached hydrogens (primary N) is 1. The van der Waals surface area contributed by atoms with Crippen LogP contribution >= 0.6 is 11.6 Å². The van der Waals surface area contributed by atoms with Crippen molar-refractivity contribution in [3.63, 3.8) is 0 Å². The van der Waals surface area contributed by atoms with E-state index in [9.17, 15) is 0 Å². The van der Waals surface area contributed by atoms with Gasteiger partial charge in [-0.1, -0.05) is 25.4 Å². The molecular weight excluding hydrogens is 238 g/mol. The van der Waals surface area contributed by atoms with Crippen LogP contribution in [0.2, 0.25) is 5.02 Å². The Bertz CT molecular complexity index is 450. The Morgan fingerprint density at radius 3 is 2.53 bits per heavy atom. The smallest absolute Gasteiger partial charge is 0.231 e. The molecule has 1 aromatic rings. The van der Waals surface area contributed by atoms with Crippen LogP contribution < -0.4 is 15.2 Å². The van der Waals surface area contributed by atoms with Gasteiger partial charge in [0.2, 0.25) is 6.79 Å². The third-order valence-electron chi connectivity index (χ3n) is 2.87. The highest BCUT2D eigenvalue weighted by Gasteiger charge is 2.31. The van der Waals surface area contributed by atoms with Crippen LogP contribution in [0.3, 0.4) is 0 Å². The van der Waals surface area contributed by atoms with Crippen molar-refractivity contribution in [2.45, 2.75) is 39.2 Å². The van der Waals surface area contributed by atoms with E-state index in [1.807, 2.05) is 13.8 Å². The van der Waals surface area contributed by atoms with Gasteiger partial charge in [-0.25, -0.2) is 0 Å². The second kappa shape index (κ2) is 4.07. The first-order chi connectivity index (χ1) is 7.82. The number of halogens is 1. The molecule has 4 heteroatoms. The van der Waals surface area contributed by atoms with Gasteiger partial charge in [-0.15, -0.1) is 0 Å². The molecule has 0 unspecified atom stereocenters. The van der Waals surface area contributed by atoms with Crippen molar-refractivity contribution in [2.75, 3.05) is 6.79 Å². The fourth-order valence-corrected chi connectivity index (χ4v) is 2.69. The van der Waals surface area contributed by atoms with E-state index in [0.29, 0.717) is 10.8 Å². The molecule has 0 aromatic heterocycles. The largest absolute Gasteiger partial charge is 0.454 e. The van der Waals surface area contributed by atoms with E-state index < -0.39 is 5.54 Å². The quantitative estimate of drug-likeness (QED) is 0.881. The molecule has 1 aromatic carbocycles. The summed E-state index contributed by atoms with van der Waals surface area (Å²) in [4.78, 5) is 0. The molecule has 0 bridgehead atoms. The zero-order valence-electron chi connectivity index (χ0n) is 10.6. The topological polar surface area (TPSA) is 44.5 Å². The van der Waals surface area contributed by atoms with Crippen molar-refractivity contribution in [3.05, 3.63) is 22.2 Å². The monoisotopic (exact) mass is 255 g/mol. The van der Waals surface area contributed by atoms with Crippen LogP contribution in [-0.2, 0) is 5.54 Å². The molecule has 0 saturated heterocycles. The van der Waals surface area contributed by atoms with Gasteiger partial charge in [0.05, 0.1) is 0 Å². The minimum atomic E-state index is -0.502. The highest BCUT2D eigenvalue weighted by molar-refractivity contribution is 6.31. The zero-order valence-corrected chi connectivity index (χ0v) is 11.4. The van der Waals surface area contributed by atoms with Gasteiger partial charge < -0.3 is 15.2 Å². The maximum absolute atomic E-state index is 6.33. The number of ether oxygens (including phenoxy) is 2. The average molecular weight is 256 g/mol. The molecule has 17 heavy (non-hydrogen) atoms. The number of benzene rings is 1. The molecule has 1 aliphatic rings. The second-order valence-corrected chi connectivity index (χ2v) is 5.66. The van der Waals surface area contributed by atoms with Crippen LogP contribution in [0, 0.1) is 0 Å². The SMILES string of the molecule is CC(C)c1c2c(cc(Cl)c1C(C)(C)N)OCO2. The van der Waals surface area contributed by atoms with Crippen molar-refractivity contribution in [1.82, 2.24) is 0 Å². The molecule has 94 valence electrons. The maximum atomic E-state index is 6.33. The Morgan fingerprint density at radius 2 is 2.00 bits per heavy atom. The molecule has 2 rings (SSSR count). The lowest BCUT2D eigenvalue weighted by atomic mass is 9.85. The molecular formula is C13H18ClNO2. The summed E-state index contributed by atoms with van der Waals surface area (Å²) in [5.41, 5.74) is 7.70. The molecule has 0 saturated carbocycles. The first kappa shape index (κ1) is 12.5. The van der Waals surface area contributed by atoms with Crippen molar-refractivity contribution in [3.8, 4) is 11.5 Å². The van der Waals surface area contributed by atoms with E-state index in [-0.39, 0.29) is 12.7 Å². The number of rotatable bonds is 2. The van der Waals surface area contributed by atoms with Gasteiger partial charge in [0, 0.05) is 22.2 Å². The number of hydrogen-bond donors (Lipinski definition) is 1. The Balaban J connectivity index is 2.74. The summed E-state index contributed by atoms with van der Waals surface area (Å²) in [6, 6.07) is 1.79. The van der Waals surface area contributed by atoms with Crippen LogP contribution in [-0.4, -0.2) is 6.79 Å². The van der Waals surface area contributed by atoms with E-state index >= 15 is 0 Å². The Morgan fingerprint density at radius 1 is 1.35 bits per heavy atom. The fraction of sp³-hybridized carbons (Fsp3) is 0.538. The normalized spacial score (nSPS) is 14.5. The molecule has 3 nitrogen and oxygen atoms in total. The Kier molecular flexibility index (Phi) is 3.00. The summed E-state index contributed by atoms with van der Waals surface area (Å²) in [5.74, 6) is 1.78. The zero-order chi connectivity index (χ0) is 12.8. The fourth-order valence-electron chi connectivity index (χ4n) is 2.24. The molecule has 0 spiro atoms. The summed E-state index contributed by atoms with van der Waals surface area (Å²) in [7, 11) is 0. The first-order valence-electron chi connectivity index (χ1n) is 5.73. The van der Waals surface area contributed by atoms with E-state index in [2.05, 4.69) is 13.8 Å². The van der Waals surface area contributed by atoms with E-state index in [0.717, 1.165) is 16.9 Å². The van der Waals surface area contributed by atoms with Crippen LogP contribution in [0.4, 0.5) is 0 Å². The lowest BCUT2D eigenvalue weighted by molar-refractivity contribution is 0.173.